The van der Waals surface area contributed by atoms with Gasteiger partial charge in [0, 0.05) is 18.7 Å². The molecule has 0 bridgehead atoms. The summed E-state index contributed by atoms with van der Waals surface area (Å²) in [7, 11) is -1.52. The number of methoxy groups -OCH3 is 1. The van der Waals surface area contributed by atoms with E-state index in [0.717, 1.165) is 11.1 Å². The lowest BCUT2D eigenvalue weighted by Gasteiger charge is -2.27. The van der Waals surface area contributed by atoms with Gasteiger partial charge in [-0.1, -0.05) is 36.4 Å². The first-order valence-electron chi connectivity index (χ1n) is 10.5. The highest BCUT2D eigenvalue weighted by Crippen LogP contribution is 2.28. The summed E-state index contributed by atoms with van der Waals surface area (Å²) in [4.78, 5) is 14.7. The van der Waals surface area contributed by atoms with E-state index in [0.29, 0.717) is 37.5 Å². The summed E-state index contributed by atoms with van der Waals surface area (Å²) in [6, 6.07) is 15.1. The summed E-state index contributed by atoms with van der Waals surface area (Å²) in [5, 5.41) is 0. The third kappa shape index (κ3) is 6.34. The predicted octanol–water partition coefficient (Wildman–Crippen LogP) is 3.37. The number of carbonyl (C=O) groups is 1. The van der Waals surface area contributed by atoms with Gasteiger partial charge >= 0.3 is 0 Å². The van der Waals surface area contributed by atoms with Crippen LogP contribution in [0.4, 0.5) is 0 Å². The average molecular weight is 444 g/mol. The maximum Gasteiger partial charge on any atom is 0.246 e. The number of rotatable bonds is 9. The van der Waals surface area contributed by atoms with Gasteiger partial charge in [-0.15, -0.1) is 0 Å². The van der Waals surface area contributed by atoms with Gasteiger partial charge in [-0.25, -0.2) is 8.42 Å². The van der Waals surface area contributed by atoms with Crippen LogP contribution in [0.25, 0.3) is 6.08 Å². The van der Waals surface area contributed by atoms with Crippen molar-refractivity contribution in [1.29, 1.82) is 0 Å². The number of amides is 1. The standard InChI is InChI=1S/C24H29NO5S/c1-3-30-22-11-9-20(17-23(22)29-2)10-12-24(26)25(21-14-16-31(27,28)18-21)15-13-19-7-5-4-6-8-19/h4-12,17,21H,3,13-16,18H2,1-2H3/b12-10+. The van der Waals surface area contributed by atoms with Crippen molar-refractivity contribution in [2.45, 2.75) is 25.8 Å². The molecule has 7 heteroatoms. The van der Waals surface area contributed by atoms with Gasteiger partial charge in [0.2, 0.25) is 5.91 Å². The summed E-state index contributed by atoms with van der Waals surface area (Å²) in [6.45, 7) is 2.91. The molecule has 1 amide bonds. The Labute approximate surface area is 184 Å². The van der Waals surface area contributed by atoms with Crippen LogP contribution in [-0.2, 0) is 21.1 Å². The van der Waals surface area contributed by atoms with E-state index in [1.54, 1.807) is 18.1 Å². The van der Waals surface area contributed by atoms with E-state index in [1.807, 2.05) is 55.5 Å². The maximum atomic E-state index is 13.0. The molecule has 1 aliphatic heterocycles. The van der Waals surface area contributed by atoms with Crippen LogP contribution in [0.3, 0.4) is 0 Å². The minimum absolute atomic E-state index is 0.0260. The van der Waals surface area contributed by atoms with Gasteiger partial charge in [0.15, 0.2) is 21.3 Å². The van der Waals surface area contributed by atoms with Crippen LogP contribution in [0.15, 0.2) is 54.6 Å². The molecule has 0 N–H and O–H groups in total. The Morgan fingerprint density at radius 3 is 2.58 bits per heavy atom. The molecule has 0 aromatic heterocycles. The molecule has 1 unspecified atom stereocenters. The summed E-state index contributed by atoms with van der Waals surface area (Å²) in [6.07, 6.45) is 4.38. The Hall–Kier alpha value is -2.80. The van der Waals surface area contributed by atoms with E-state index >= 15 is 0 Å². The van der Waals surface area contributed by atoms with Crippen LogP contribution in [0, 0.1) is 0 Å². The second-order valence-electron chi connectivity index (χ2n) is 7.50. The Morgan fingerprint density at radius 2 is 1.94 bits per heavy atom. The van der Waals surface area contributed by atoms with Gasteiger partial charge in [-0.3, -0.25) is 4.79 Å². The fraction of sp³-hybridized carbons (Fsp3) is 0.375. The van der Waals surface area contributed by atoms with Crippen molar-refractivity contribution >= 4 is 21.8 Å². The van der Waals surface area contributed by atoms with Crippen molar-refractivity contribution in [2.24, 2.45) is 0 Å². The lowest BCUT2D eigenvalue weighted by molar-refractivity contribution is -0.127. The molecule has 1 heterocycles. The van der Waals surface area contributed by atoms with Gasteiger partial charge in [0.1, 0.15) is 0 Å². The zero-order chi connectivity index (χ0) is 22.3. The van der Waals surface area contributed by atoms with E-state index in [2.05, 4.69) is 0 Å². The molecule has 1 saturated heterocycles. The molecule has 1 fully saturated rings. The van der Waals surface area contributed by atoms with Gasteiger partial charge in [-0.05, 0) is 49.1 Å². The van der Waals surface area contributed by atoms with E-state index in [4.69, 9.17) is 9.47 Å². The van der Waals surface area contributed by atoms with Crippen LogP contribution in [0.5, 0.6) is 11.5 Å². The zero-order valence-corrected chi connectivity index (χ0v) is 18.8. The number of hydrogen-bond acceptors (Lipinski definition) is 5. The van der Waals surface area contributed by atoms with E-state index < -0.39 is 9.84 Å². The summed E-state index contributed by atoms with van der Waals surface area (Å²) < 4.78 is 34.9. The van der Waals surface area contributed by atoms with Crippen molar-refractivity contribution in [1.82, 2.24) is 4.90 Å². The molecule has 166 valence electrons. The van der Waals surface area contributed by atoms with E-state index in [-0.39, 0.29) is 23.5 Å². The Kier molecular flexibility index (Phi) is 7.74. The van der Waals surface area contributed by atoms with Crippen molar-refractivity contribution < 1.29 is 22.7 Å². The molecule has 2 aromatic rings. The largest absolute Gasteiger partial charge is 0.493 e. The molecule has 6 nitrogen and oxygen atoms in total. The van der Waals surface area contributed by atoms with Crippen LogP contribution in [-0.4, -0.2) is 57.0 Å². The first-order valence-corrected chi connectivity index (χ1v) is 12.3. The number of sulfone groups is 1. The summed E-state index contributed by atoms with van der Waals surface area (Å²) in [5.74, 6) is 1.21. The molecule has 0 radical (unpaired) electrons. The summed E-state index contributed by atoms with van der Waals surface area (Å²) in [5.41, 5.74) is 1.91. The molecule has 3 rings (SSSR count). The first-order chi connectivity index (χ1) is 14.9. The fourth-order valence-electron chi connectivity index (χ4n) is 3.71. The molecular formula is C24H29NO5S. The van der Waals surface area contributed by atoms with E-state index in [9.17, 15) is 13.2 Å². The van der Waals surface area contributed by atoms with E-state index in [1.165, 1.54) is 6.08 Å². The van der Waals surface area contributed by atoms with Crippen LogP contribution in [0.1, 0.15) is 24.5 Å². The van der Waals surface area contributed by atoms with Crippen molar-refractivity contribution in [3.8, 4) is 11.5 Å². The summed E-state index contributed by atoms with van der Waals surface area (Å²) >= 11 is 0. The monoisotopic (exact) mass is 443 g/mol. The Balaban J connectivity index is 1.75. The Morgan fingerprint density at radius 1 is 1.16 bits per heavy atom. The molecule has 0 spiro atoms. The van der Waals surface area contributed by atoms with Crippen LogP contribution < -0.4 is 9.47 Å². The van der Waals surface area contributed by atoms with Crippen LogP contribution in [0.2, 0.25) is 0 Å². The van der Waals surface area contributed by atoms with Gasteiger partial charge in [-0.2, -0.15) is 0 Å². The topological polar surface area (TPSA) is 72.9 Å². The molecular weight excluding hydrogens is 414 g/mol. The number of carbonyl (C=O) groups excluding carboxylic acids is 1. The number of ether oxygens (including phenoxy) is 2. The highest BCUT2D eigenvalue weighted by atomic mass is 32.2. The number of benzene rings is 2. The molecule has 31 heavy (non-hydrogen) atoms. The first kappa shape index (κ1) is 22.9. The number of nitrogens with zero attached hydrogens (tertiary/aromatic N) is 1. The van der Waals surface area contributed by atoms with Gasteiger partial charge < -0.3 is 14.4 Å². The minimum Gasteiger partial charge on any atom is -0.493 e. The van der Waals surface area contributed by atoms with Crippen LogP contribution >= 0.6 is 0 Å². The quantitative estimate of drug-likeness (QED) is 0.556. The second-order valence-corrected chi connectivity index (χ2v) is 9.73. The minimum atomic E-state index is -3.09. The maximum absolute atomic E-state index is 13.0. The predicted molar refractivity (Wildman–Crippen MR) is 122 cm³/mol. The average Bonchev–Trinajstić information content (AvgIpc) is 3.13. The van der Waals surface area contributed by atoms with Crippen molar-refractivity contribution in [3.63, 3.8) is 0 Å². The lowest BCUT2D eigenvalue weighted by atomic mass is 10.1. The normalized spacial score (nSPS) is 17.5. The Bertz CT molecular complexity index is 1020. The highest BCUT2D eigenvalue weighted by molar-refractivity contribution is 7.91. The second kappa shape index (κ2) is 10.5. The molecule has 2 aromatic carbocycles. The van der Waals surface area contributed by atoms with Crippen molar-refractivity contribution in [2.75, 3.05) is 31.8 Å². The smallest absolute Gasteiger partial charge is 0.246 e. The SMILES string of the molecule is CCOc1ccc(/C=C/C(=O)N(CCc2ccccc2)C2CCS(=O)(=O)C2)cc1OC. The highest BCUT2D eigenvalue weighted by Gasteiger charge is 2.33. The molecule has 1 atom stereocenters. The van der Waals surface area contributed by atoms with Gasteiger partial charge in [0.05, 0.1) is 25.2 Å². The lowest BCUT2D eigenvalue weighted by Crippen LogP contribution is -2.41. The number of hydrogen-bond donors (Lipinski definition) is 0. The molecule has 1 aliphatic rings. The van der Waals surface area contributed by atoms with Gasteiger partial charge in [0.25, 0.3) is 0 Å². The molecule has 0 saturated carbocycles. The molecule has 0 aliphatic carbocycles. The zero-order valence-electron chi connectivity index (χ0n) is 18.0. The third-order valence-electron chi connectivity index (χ3n) is 5.32. The third-order valence-corrected chi connectivity index (χ3v) is 7.07. The van der Waals surface area contributed by atoms with Crippen molar-refractivity contribution in [3.05, 3.63) is 65.7 Å². The fourth-order valence-corrected chi connectivity index (χ4v) is 5.44.